The molecule has 0 unspecified atom stereocenters. The maximum Gasteiger partial charge on any atom is 0.254 e. The van der Waals surface area contributed by atoms with Gasteiger partial charge in [0, 0.05) is 30.8 Å². The van der Waals surface area contributed by atoms with Gasteiger partial charge in [-0.2, -0.15) is 0 Å². The Morgan fingerprint density at radius 2 is 1.93 bits per heavy atom. The fourth-order valence-corrected chi connectivity index (χ4v) is 3.82. The molecule has 2 heterocycles. The number of halogens is 1. The molecule has 2 aliphatic rings. The predicted molar refractivity (Wildman–Crippen MR) is 109 cm³/mol. The van der Waals surface area contributed by atoms with Gasteiger partial charge in [0.25, 0.3) is 5.91 Å². The number of carbonyl (C=O) groups is 2. The van der Waals surface area contributed by atoms with Crippen molar-refractivity contribution in [1.29, 1.82) is 0 Å². The third-order valence-electron chi connectivity index (χ3n) is 5.52. The minimum absolute atomic E-state index is 0.0453. The number of benzene rings is 2. The van der Waals surface area contributed by atoms with Crippen molar-refractivity contribution in [2.75, 3.05) is 32.9 Å². The summed E-state index contributed by atoms with van der Waals surface area (Å²) < 4.78 is 24.7. The molecule has 0 bridgehead atoms. The lowest BCUT2D eigenvalue weighted by Crippen LogP contribution is -2.41. The van der Waals surface area contributed by atoms with Gasteiger partial charge >= 0.3 is 0 Å². The zero-order chi connectivity index (χ0) is 21.1. The molecule has 1 atom stereocenters. The molecule has 4 rings (SSSR count). The molecule has 30 heavy (non-hydrogen) atoms. The van der Waals surface area contributed by atoms with Gasteiger partial charge in [0.1, 0.15) is 18.2 Å². The molecular formula is C23H25FN2O4. The van der Waals surface area contributed by atoms with Crippen LogP contribution in [0.2, 0.25) is 0 Å². The highest BCUT2D eigenvalue weighted by Crippen LogP contribution is 2.27. The van der Waals surface area contributed by atoms with Crippen LogP contribution in [0.4, 0.5) is 4.39 Å². The number of carbonyl (C=O) groups excluding carboxylic acids is 2. The van der Waals surface area contributed by atoms with Crippen LogP contribution >= 0.6 is 0 Å². The number of ether oxygens (including phenoxy) is 2. The molecule has 1 fully saturated rings. The fourth-order valence-electron chi connectivity index (χ4n) is 3.82. The molecule has 6 nitrogen and oxygen atoms in total. The lowest BCUT2D eigenvalue weighted by Gasteiger charge is -2.27. The molecule has 0 aliphatic carbocycles. The van der Waals surface area contributed by atoms with Gasteiger partial charge < -0.3 is 19.3 Å². The summed E-state index contributed by atoms with van der Waals surface area (Å²) in [5, 5.41) is 0. The van der Waals surface area contributed by atoms with Crippen LogP contribution < -0.4 is 4.74 Å². The van der Waals surface area contributed by atoms with E-state index in [0.717, 1.165) is 5.56 Å². The zero-order valence-corrected chi connectivity index (χ0v) is 17.0. The first kappa shape index (κ1) is 20.3. The summed E-state index contributed by atoms with van der Waals surface area (Å²) in [6, 6.07) is 11.3. The standard InChI is InChI=1S/C23H25FN2O4/c1-16-15-30-21-6-5-18(23(28)25-7-9-29-10-8-25)13-19(21)14-26(16)22(27)12-17-3-2-4-20(24)11-17/h2-6,11,13,16H,7-10,12,14-15H2,1H3/t16-/m0/s1. The van der Waals surface area contributed by atoms with Crippen LogP contribution in [-0.4, -0.2) is 60.6 Å². The Hall–Kier alpha value is -2.93. The topological polar surface area (TPSA) is 59.1 Å². The summed E-state index contributed by atoms with van der Waals surface area (Å²) in [6.45, 7) is 4.85. The third-order valence-corrected chi connectivity index (χ3v) is 5.52. The third kappa shape index (κ3) is 4.46. The van der Waals surface area contributed by atoms with E-state index in [1.54, 1.807) is 34.1 Å². The maximum absolute atomic E-state index is 13.5. The van der Waals surface area contributed by atoms with Crippen LogP contribution in [0, 0.1) is 5.82 Å². The Morgan fingerprint density at radius 1 is 1.13 bits per heavy atom. The average molecular weight is 412 g/mol. The van der Waals surface area contributed by atoms with E-state index in [-0.39, 0.29) is 30.1 Å². The van der Waals surface area contributed by atoms with E-state index in [4.69, 9.17) is 9.47 Å². The van der Waals surface area contributed by atoms with E-state index < -0.39 is 0 Å². The van der Waals surface area contributed by atoms with Gasteiger partial charge in [-0.05, 0) is 42.8 Å². The Bertz CT molecular complexity index is 943. The average Bonchev–Trinajstić information content (AvgIpc) is 2.92. The van der Waals surface area contributed by atoms with Crippen molar-refractivity contribution in [2.45, 2.75) is 25.9 Å². The zero-order valence-electron chi connectivity index (χ0n) is 17.0. The summed E-state index contributed by atoms with van der Waals surface area (Å²) in [5.74, 6) is 0.177. The molecule has 1 saturated heterocycles. The fraction of sp³-hybridized carbons (Fsp3) is 0.391. The molecule has 2 aromatic carbocycles. The summed E-state index contributed by atoms with van der Waals surface area (Å²) >= 11 is 0. The lowest BCUT2D eigenvalue weighted by molar-refractivity contribution is -0.133. The Kier molecular flexibility index (Phi) is 5.99. The molecule has 2 aromatic rings. The van der Waals surface area contributed by atoms with Crippen molar-refractivity contribution in [2.24, 2.45) is 0 Å². The van der Waals surface area contributed by atoms with Crippen molar-refractivity contribution in [3.05, 3.63) is 65.0 Å². The second-order valence-electron chi connectivity index (χ2n) is 7.72. The molecule has 2 aliphatic heterocycles. The number of morpholine rings is 1. The summed E-state index contributed by atoms with van der Waals surface area (Å²) in [5.41, 5.74) is 2.01. The molecule has 0 radical (unpaired) electrons. The van der Waals surface area contributed by atoms with Gasteiger partial charge in [-0.1, -0.05) is 12.1 Å². The van der Waals surface area contributed by atoms with Gasteiger partial charge in [0.2, 0.25) is 5.91 Å². The molecule has 2 amide bonds. The Balaban J connectivity index is 1.53. The Labute approximate surface area is 175 Å². The second-order valence-corrected chi connectivity index (χ2v) is 7.72. The molecular weight excluding hydrogens is 387 g/mol. The number of fused-ring (bicyclic) bond motifs is 1. The van der Waals surface area contributed by atoms with Crippen LogP contribution in [-0.2, 0) is 22.5 Å². The first-order valence-corrected chi connectivity index (χ1v) is 10.2. The SMILES string of the molecule is C[C@H]1COc2ccc(C(=O)N3CCOCC3)cc2CN1C(=O)Cc1cccc(F)c1. The van der Waals surface area contributed by atoms with Crippen LogP contribution in [0.25, 0.3) is 0 Å². The second kappa shape index (κ2) is 8.83. The van der Waals surface area contributed by atoms with Crippen molar-refractivity contribution in [3.8, 4) is 5.75 Å². The first-order chi connectivity index (χ1) is 14.5. The number of hydrogen-bond donors (Lipinski definition) is 0. The van der Waals surface area contributed by atoms with Crippen LogP contribution in [0.5, 0.6) is 5.75 Å². The number of hydrogen-bond acceptors (Lipinski definition) is 4. The maximum atomic E-state index is 13.5. The van der Waals surface area contributed by atoms with E-state index in [1.165, 1.54) is 12.1 Å². The molecule has 0 aromatic heterocycles. The Morgan fingerprint density at radius 3 is 2.70 bits per heavy atom. The lowest BCUT2D eigenvalue weighted by atomic mass is 10.1. The van der Waals surface area contributed by atoms with Crippen LogP contribution in [0.3, 0.4) is 0 Å². The minimum Gasteiger partial charge on any atom is -0.491 e. The molecule has 0 spiro atoms. The number of amides is 2. The van der Waals surface area contributed by atoms with Crippen molar-refractivity contribution >= 4 is 11.8 Å². The van der Waals surface area contributed by atoms with Crippen molar-refractivity contribution in [3.63, 3.8) is 0 Å². The monoisotopic (exact) mass is 412 g/mol. The van der Waals surface area contributed by atoms with E-state index in [0.29, 0.717) is 56.3 Å². The molecule has 158 valence electrons. The summed E-state index contributed by atoms with van der Waals surface area (Å²) in [6.07, 6.45) is 0.115. The summed E-state index contributed by atoms with van der Waals surface area (Å²) in [4.78, 5) is 29.3. The highest BCUT2D eigenvalue weighted by atomic mass is 19.1. The van der Waals surface area contributed by atoms with Crippen LogP contribution in [0.1, 0.15) is 28.4 Å². The minimum atomic E-state index is -0.357. The predicted octanol–water partition coefficient (Wildman–Crippen LogP) is 2.65. The highest BCUT2D eigenvalue weighted by molar-refractivity contribution is 5.94. The summed E-state index contributed by atoms with van der Waals surface area (Å²) in [7, 11) is 0. The van der Waals surface area contributed by atoms with Crippen LogP contribution in [0.15, 0.2) is 42.5 Å². The van der Waals surface area contributed by atoms with Crippen molar-refractivity contribution < 1.29 is 23.5 Å². The first-order valence-electron chi connectivity index (χ1n) is 10.2. The van der Waals surface area contributed by atoms with Gasteiger partial charge in [0.15, 0.2) is 0 Å². The molecule has 7 heteroatoms. The van der Waals surface area contributed by atoms with E-state index >= 15 is 0 Å². The molecule has 0 saturated carbocycles. The van der Waals surface area contributed by atoms with E-state index in [2.05, 4.69) is 0 Å². The number of nitrogens with zero attached hydrogens (tertiary/aromatic N) is 2. The van der Waals surface area contributed by atoms with Gasteiger partial charge in [-0.25, -0.2) is 4.39 Å². The van der Waals surface area contributed by atoms with Gasteiger partial charge in [-0.3, -0.25) is 9.59 Å². The number of rotatable bonds is 3. The van der Waals surface area contributed by atoms with E-state index in [9.17, 15) is 14.0 Å². The quantitative estimate of drug-likeness (QED) is 0.778. The van der Waals surface area contributed by atoms with Gasteiger partial charge in [-0.15, -0.1) is 0 Å². The smallest absolute Gasteiger partial charge is 0.254 e. The normalized spacial score (nSPS) is 18.9. The molecule has 0 N–H and O–H groups in total. The van der Waals surface area contributed by atoms with E-state index in [1.807, 2.05) is 13.0 Å². The van der Waals surface area contributed by atoms with Crippen molar-refractivity contribution in [1.82, 2.24) is 9.80 Å². The highest BCUT2D eigenvalue weighted by Gasteiger charge is 2.27. The largest absolute Gasteiger partial charge is 0.491 e. The van der Waals surface area contributed by atoms with Gasteiger partial charge in [0.05, 0.1) is 25.7 Å².